The van der Waals surface area contributed by atoms with Gasteiger partial charge in [-0.05, 0) is 67.4 Å². The molecule has 2 N–H and O–H groups in total. The number of carbonyl (C=O) groups excluding carboxylic acids is 2. The summed E-state index contributed by atoms with van der Waals surface area (Å²) in [6.07, 6.45) is 1.31. The van der Waals surface area contributed by atoms with E-state index >= 15 is 0 Å². The number of hydrogen-bond acceptors (Lipinski definition) is 7. The zero-order valence-electron chi connectivity index (χ0n) is 19.7. The van der Waals surface area contributed by atoms with E-state index in [1.807, 2.05) is 6.92 Å². The second kappa shape index (κ2) is 11.1. The lowest BCUT2D eigenvalue weighted by molar-refractivity contribution is 0.0600. The highest BCUT2D eigenvalue weighted by Crippen LogP contribution is 2.33. The molecule has 0 fully saturated rings. The topological polar surface area (TPSA) is 119 Å². The Morgan fingerprint density at radius 2 is 1.63 bits per heavy atom. The minimum Gasteiger partial charge on any atom is -0.507 e. The number of aromatic hydroxyl groups is 1. The number of methoxy groups -OCH3 is 1. The quantitative estimate of drug-likeness (QED) is 0.307. The molecule has 0 amide bonds. The largest absolute Gasteiger partial charge is 0.507 e. The van der Waals surface area contributed by atoms with Gasteiger partial charge in [-0.25, -0.2) is 13.2 Å². The fraction of sp³-hybridized carbons (Fsp3) is 0.231. The molecule has 0 atom stereocenters. The number of nitrogens with one attached hydrogen (secondary N) is 1. The van der Waals surface area contributed by atoms with Crippen molar-refractivity contribution in [2.75, 3.05) is 11.8 Å². The summed E-state index contributed by atoms with van der Waals surface area (Å²) >= 11 is 0. The molecule has 8 nitrogen and oxygen atoms in total. The summed E-state index contributed by atoms with van der Waals surface area (Å²) in [7, 11) is -2.57. The number of rotatable bonds is 10. The minimum absolute atomic E-state index is 0.0634. The van der Waals surface area contributed by atoms with Gasteiger partial charge < -0.3 is 14.6 Å². The van der Waals surface area contributed by atoms with Gasteiger partial charge in [-0.1, -0.05) is 25.5 Å². The van der Waals surface area contributed by atoms with Crippen molar-refractivity contribution in [1.82, 2.24) is 0 Å². The lowest BCUT2D eigenvalue weighted by Crippen LogP contribution is -2.13. The zero-order valence-corrected chi connectivity index (χ0v) is 20.5. The minimum atomic E-state index is -3.84. The molecule has 3 aromatic carbocycles. The molecule has 9 heteroatoms. The van der Waals surface area contributed by atoms with Crippen molar-refractivity contribution in [3.63, 3.8) is 0 Å². The first-order valence-electron chi connectivity index (χ1n) is 10.9. The number of esters is 1. The number of ketones is 1. The van der Waals surface area contributed by atoms with Crippen LogP contribution in [0.1, 0.15) is 52.1 Å². The Bertz CT molecular complexity index is 1320. The first-order chi connectivity index (χ1) is 16.7. The van der Waals surface area contributed by atoms with Crippen molar-refractivity contribution < 1.29 is 32.6 Å². The van der Waals surface area contributed by atoms with Gasteiger partial charge in [0.15, 0.2) is 5.78 Å². The molecule has 0 aromatic heterocycles. The van der Waals surface area contributed by atoms with Gasteiger partial charge in [0.2, 0.25) is 0 Å². The van der Waals surface area contributed by atoms with Crippen molar-refractivity contribution in [2.24, 2.45) is 0 Å². The number of anilines is 1. The van der Waals surface area contributed by atoms with Gasteiger partial charge in [-0.3, -0.25) is 9.52 Å². The molecular formula is C26H27NO7S. The smallest absolute Gasteiger partial charge is 0.337 e. The van der Waals surface area contributed by atoms with E-state index in [1.54, 1.807) is 18.2 Å². The Morgan fingerprint density at radius 3 is 2.20 bits per heavy atom. The molecular weight excluding hydrogens is 470 g/mol. The molecule has 3 aromatic rings. The highest BCUT2D eigenvalue weighted by Gasteiger charge is 2.17. The molecule has 0 saturated heterocycles. The number of hydrogen-bond donors (Lipinski definition) is 2. The predicted octanol–water partition coefficient (Wildman–Crippen LogP) is 4.71. The van der Waals surface area contributed by atoms with E-state index in [0.717, 1.165) is 12.0 Å². The Morgan fingerprint density at radius 1 is 0.971 bits per heavy atom. The lowest BCUT2D eigenvalue weighted by atomic mass is 10.0. The first-order valence-corrected chi connectivity index (χ1v) is 12.4. The summed E-state index contributed by atoms with van der Waals surface area (Å²) in [6, 6.07) is 15.3. The van der Waals surface area contributed by atoms with Crippen LogP contribution in [-0.2, 0) is 27.8 Å². The maximum absolute atomic E-state index is 12.7. The molecule has 0 spiro atoms. The number of phenolic OH excluding ortho intramolecular Hbond substituents is 1. The van der Waals surface area contributed by atoms with E-state index in [1.165, 1.54) is 56.5 Å². The van der Waals surface area contributed by atoms with Crippen molar-refractivity contribution in [3.05, 3.63) is 82.9 Å². The fourth-order valence-electron chi connectivity index (χ4n) is 3.46. The van der Waals surface area contributed by atoms with Gasteiger partial charge in [0, 0.05) is 11.3 Å². The molecule has 0 unspecified atom stereocenters. The summed E-state index contributed by atoms with van der Waals surface area (Å²) in [5, 5.41) is 10.5. The molecule has 3 rings (SSSR count). The Labute approximate surface area is 204 Å². The van der Waals surface area contributed by atoms with Crippen LogP contribution >= 0.6 is 0 Å². The normalized spacial score (nSPS) is 11.1. The van der Waals surface area contributed by atoms with E-state index in [4.69, 9.17) is 4.74 Å². The van der Waals surface area contributed by atoms with Gasteiger partial charge in [0.1, 0.15) is 18.1 Å². The summed E-state index contributed by atoms with van der Waals surface area (Å²) in [5.74, 6) is -0.327. The number of phenols is 1. The van der Waals surface area contributed by atoms with E-state index in [9.17, 15) is 23.1 Å². The van der Waals surface area contributed by atoms with Crippen LogP contribution in [0, 0.1) is 0 Å². The molecule has 35 heavy (non-hydrogen) atoms. The van der Waals surface area contributed by atoms with Crippen LogP contribution in [-0.4, -0.2) is 32.4 Å². The van der Waals surface area contributed by atoms with Gasteiger partial charge in [0.05, 0.1) is 23.1 Å². The van der Waals surface area contributed by atoms with Crippen LogP contribution in [0.2, 0.25) is 0 Å². The van der Waals surface area contributed by atoms with Crippen LogP contribution < -0.4 is 9.46 Å². The van der Waals surface area contributed by atoms with Gasteiger partial charge >= 0.3 is 5.97 Å². The van der Waals surface area contributed by atoms with Gasteiger partial charge in [0.25, 0.3) is 10.0 Å². The molecule has 0 heterocycles. The lowest BCUT2D eigenvalue weighted by Gasteiger charge is -2.15. The zero-order chi connectivity index (χ0) is 25.6. The Kier molecular flexibility index (Phi) is 8.14. The number of ether oxygens (including phenoxy) is 2. The Hall–Kier alpha value is -3.85. The standard InChI is InChI=1S/C26H27NO7S/c1-4-5-23-24(15-14-22(17(2)28)25(23)29)34-16-18-6-12-21(13-7-18)35(31,32)27-20-10-8-19(9-11-20)26(30)33-3/h6-15,27,29H,4-5,16H2,1-3H3. The average Bonchev–Trinajstić information content (AvgIpc) is 2.84. The average molecular weight is 498 g/mol. The summed E-state index contributed by atoms with van der Waals surface area (Å²) in [6.45, 7) is 3.51. The predicted molar refractivity (Wildman–Crippen MR) is 131 cm³/mol. The highest BCUT2D eigenvalue weighted by molar-refractivity contribution is 7.92. The molecule has 0 radical (unpaired) electrons. The van der Waals surface area contributed by atoms with E-state index in [2.05, 4.69) is 9.46 Å². The number of Topliss-reactive ketones (excluding diaryl/α,β-unsaturated/α-hetero) is 1. The summed E-state index contributed by atoms with van der Waals surface area (Å²) in [5.41, 5.74) is 2.17. The van der Waals surface area contributed by atoms with E-state index in [0.29, 0.717) is 29.0 Å². The van der Waals surface area contributed by atoms with Crippen LogP contribution in [0.3, 0.4) is 0 Å². The summed E-state index contributed by atoms with van der Waals surface area (Å²) < 4.78 is 38.4. The number of carbonyl (C=O) groups is 2. The van der Waals surface area contributed by atoms with Crippen molar-refractivity contribution in [1.29, 1.82) is 0 Å². The third-order valence-corrected chi connectivity index (χ3v) is 6.70. The van der Waals surface area contributed by atoms with Crippen molar-refractivity contribution in [2.45, 2.75) is 38.2 Å². The van der Waals surface area contributed by atoms with Gasteiger partial charge in [-0.2, -0.15) is 0 Å². The first kappa shape index (κ1) is 25.8. The van der Waals surface area contributed by atoms with Gasteiger partial charge in [-0.15, -0.1) is 0 Å². The second-order valence-corrected chi connectivity index (χ2v) is 9.53. The van der Waals surface area contributed by atoms with E-state index in [-0.39, 0.29) is 28.6 Å². The molecule has 0 aliphatic rings. The molecule has 0 saturated carbocycles. The van der Waals surface area contributed by atoms with Crippen LogP contribution in [0.15, 0.2) is 65.6 Å². The molecule has 0 bridgehead atoms. The maximum atomic E-state index is 12.7. The fourth-order valence-corrected chi connectivity index (χ4v) is 4.52. The SMILES string of the molecule is CCCc1c(OCc2ccc(S(=O)(=O)Nc3ccc(C(=O)OC)cc3)cc2)ccc(C(C)=O)c1O. The third kappa shape index (κ3) is 6.19. The maximum Gasteiger partial charge on any atom is 0.337 e. The van der Waals surface area contributed by atoms with E-state index < -0.39 is 16.0 Å². The highest BCUT2D eigenvalue weighted by atomic mass is 32.2. The third-order valence-electron chi connectivity index (χ3n) is 5.31. The molecule has 0 aliphatic carbocycles. The number of sulfonamides is 1. The second-order valence-electron chi connectivity index (χ2n) is 7.85. The van der Waals surface area contributed by atoms with Crippen molar-refractivity contribution >= 4 is 27.5 Å². The Balaban J connectivity index is 1.71. The summed E-state index contributed by atoms with van der Waals surface area (Å²) in [4.78, 5) is 23.3. The van der Waals surface area contributed by atoms with Crippen LogP contribution in [0.4, 0.5) is 5.69 Å². The van der Waals surface area contributed by atoms with Crippen LogP contribution in [0.25, 0.3) is 0 Å². The molecule has 0 aliphatic heterocycles. The van der Waals surface area contributed by atoms with Crippen LogP contribution in [0.5, 0.6) is 11.5 Å². The number of benzene rings is 3. The van der Waals surface area contributed by atoms with Crippen molar-refractivity contribution in [3.8, 4) is 11.5 Å². The molecule has 184 valence electrons. The monoisotopic (exact) mass is 497 g/mol.